The lowest BCUT2D eigenvalue weighted by Crippen LogP contribution is -2.49. The highest BCUT2D eigenvalue weighted by Gasteiger charge is 2.37. The topological polar surface area (TPSA) is 155 Å². The number of nitrogens with zero attached hydrogens (tertiary/aromatic N) is 7. The summed E-state index contributed by atoms with van der Waals surface area (Å²) in [7, 11) is 0.500. The van der Waals surface area contributed by atoms with E-state index in [1.54, 1.807) is 36.4 Å². The predicted molar refractivity (Wildman–Crippen MR) is 145 cm³/mol. The van der Waals surface area contributed by atoms with Gasteiger partial charge < -0.3 is 24.2 Å². The van der Waals surface area contributed by atoms with Crippen LogP contribution in [0.5, 0.6) is 17.4 Å². The monoisotopic (exact) mass is 585 g/mol. The third-order valence-corrected chi connectivity index (χ3v) is 8.65. The number of ether oxygens (including phenoxy) is 3. The molecule has 0 unspecified atom stereocenters. The van der Waals surface area contributed by atoms with Crippen LogP contribution in [0.15, 0.2) is 48.8 Å². The number of para-hydroxylation sites is 1. The fraction of sp³-hybridized carbons (Fsp3) is 0.346. The van der Waals surface area contributed by atoms with Gasteiger partial charge in [0.25, 0.3) is 0 Å². The molecule has 15 heteroatoms. The molecule has 1 saturated heterocycles. The number of aliphatic hydroxyl groups excluding tert-OH is 1. The molecule has 0 amide bonds. The summed E-state index contributed by atoms with van der Waals surface area (Å²) in [6.45, 7) is 0.110. The van der Waals surface area contributed by atoms with Gasteiger partial charge in [-0.25, -0.2) is 27.8 Å². The summed E-state index contributed by atoms with van der Waals surface area (Å²) in [6, 6.07) is 10.2. The average Bonchev–Trinajstić information content (AvgIpc) is 3.38. The smallest absolute Gasteiger partial charge is 0.225 e. The zero-order valence-electron chi connectivity index (χ0n) is 22.5. The second-order valence-electron chi connectivity index (χ2n) is 9.28. The fourth-order valence-corrected chi connectivity index (χ4v) is 6.44. The number of aliphatic hydroxyl groups is 1. The Morgan fingerprint density at radius 2 is 1.66 bits per heavy atom. The number of halogens is 1. The van der Waals surface area contributed by atoms with Crippen molar-refractivity contribution in [2.24, 2.45) is 0 Å². The summed E-state index contributed by atoms with van der Waals surface area (Å²) in [4.78, 5) is 13.9. The molecule has 216 valence electrons. The second kappa shape index (κ2) is 11.6. The zero-order chi connectivity index (χ0) is 29.1. The number of β-amino-alcohol motifs (C(OH)–C–C–N with tert-alkyl or cyclic N) is 1. The molecular formula is C26H28FN7O6S. The Morgan fingerprint density at radius 3 is 2.32 bits per heavy atom. The van der Waals surface area contributed by atoms with Crippen molar-refractivity contribution >= 4 is 15.8 Å². The van der Waals surface area contributed by atoms with Gasteiger partial charge in [0.2, 0.25) is 11.8 Å². The Morgan fingerprint density at radius 1 is 0.976 bits per heavy atom. The van der Waals surface area contributed by atoms with Crippen molar-refractivity contribution in [3.05, 3.63) is 60.4 Å². The zero-order valence-corrected chi connectivity index (χ0v) is 23.3. The van der Waals surface area contributed by atoms with E-state index < -0.39 is 32.8 Å². The van der Waals surface area contributed by atoms with Crippen LogP contribution in [0.2, 0.25) is 0 Å². The van der Waals surface area contributed by atoms with Gasteiger partial charge in [-0.3, -0.25) is 4.57 Å². The summed E-state index contributed by atoms with van der Waals surface area (Å²) < 4.78 is 59.1. The van der Waals surface area contributed by atoms with Gasteiger partial charge in [-0.1, -0.05) is 12.1 Å². The van der Waals surface area contributed by atoms with E-state index in [-0.39, 0.29) is 37.1 Å². The van der Waals surface area contributed by atoms with E-state index in [9.17, 15) is 17.9 Å². The molecule has 41 heavy (non-hydrogen) atoms. The fourth-order valence-electron chi connectivity index (χ4n) is 4.73. The molecule has 1 aromatic carbocycles. The molecule has 5 rings (SSSR count). The van der Waals surface area contributed by atoms with Crippen molar-refractivity contribution in [1.29, 1.82) is 0 Å². The number of benzene rings is 1. The van der Waals surface area contributed by atoms with Crippen LogP contribution in [0.1, 0.15) is 12.2 Å². The number of rotatable bonds is 9. The summed E-state index contributed by atoms with van der Waals surface area (Å²) >= 11 is 0. The first kappa shape index (κ1) is 28.2. The van der Waals surface area contributed by atoms with Crippen molar-refractivity contribution in [3.8, 4) is 34.6 Å². The first-order valence-electron chi connectivity index (χ1n) is 12.5. The lowest BCUT2D eigenvalue weighted by molar-refractivity contribution is 0.154. The molecule has 1 N–H and O–H groups in total. The van der Waals surface area contributed by atoms with Crippen LogP contribution in [0, 0.1) is 5.82 Å². The first-order chi connectivity index (χ1) is 19.7. The normalized spacial score (nSPS) is 17.3. The van der Waals surface area contributed by atoms with Gasteiger partial charge in [-0.15, -0.1) is 10.2 Å². The van der Waals surface area contributed by atoms with Crippen LogP contribution in [-0.2, 0) is 15.6 Å². The number of anilines is 1. The van der Waals surface area contributed by atoms with Gasteiger partial charge in [0.05, 0.1) is 45.1 Å². The molecule has 0 saturated carbocycles. The number of pyridine rings is 1. The highest BCUT2D eigenvalue weighted by atomic mass is 32.2. The Kier molecular flexibility index (Phi) is 7.99. The Labute approximate surface area is 235 Å². The largest absolute Gasteiger partial charge is 0.494 e. The Hall–Kier alpha value is -4.37. The highest BCUT2D eigenvalue weighted by Crippen LogP contribution is 2.37. The van der Waals surface area contributed by atoms with Crippen molar-refractivity contribution < 1.29 is 32.1 Å². The number of hydrogen-bond acceptors (Lipinski definition) is 12. The van der Waals surface area contributed by atoms with E-state index in [0.29, 0.717) is 28.8 Å². The molecule has 1 fully saturated rings. The van der Waals surface area contributed by atoms with Crippen LogP contribution in [-0.4, -0.2) is 89.0 Å². The summed E-state index contributed by atoms with van der Waals surface area (Å²) in [6.07, 6.45) is 1.01. The number of aromatic nitrogens is 6. The van der Waals surface area contributed by atoms with Gasteiger partial charge >= 0.3 is 0 Å². The predicted octanol–water partition coefficient (Wildman–Crippen LogP) is 1.84. The standard InChI is InChI=1S/C26H28FN7O6S/c1-38-20-7-5-8-21(39-2)24(20)34-22(31-32-25(34)19-6-4-9-23(30-19)40-3)15-41(36,37)18-10-17(35)13-33(14-18)26-28-11-16(27)12-29-26/h4-9,11-12,17-18,35H,10,13-15H2,1-3H3/t17-,18+/m1/s1. The molecule has 0 aliphatic carbocycles. The maximum Gasteiger partial charge on any atom is 0.225 e. The minimum Gasteiger partial charge on any atom is -0.494 e. The summed E-state index contributed by atoms with van der Waals surface area (Å²) in [5.41, 5.74) is 0.763. The Balaban J connectivity index is 1.57. The van der Waals surface area contributed by atoms with E-state index in [1.807, 2.05) is 0 Å². The van der Waals surface area contributed by atoms with Gasteiger partial charge in [0.1, 0.15) is 28.6 Å². The molecule has 4 aromatic rings. The third-order valence-electron chi connectivity index (χ3n) is 6.64. The molecule has 0 bridgehead atoms. The van der Waals surface area contributed by atoms with Gasteiger partial charge in [0.15, 0.2) is 27.3 Å². The number of hydrogen-bond donors (Lipinski definition) is 1. The number of piperidine rings is 1. The molecule has 0 radical (unpaired) electrons. The van der Waals surface area contributed by atoms with E-state index in [1.165, 1.54) is 30.8 Å². The molecule has 1 aliphatic rings. The van der Waals surface area contributed by atoms with Crippen LogP contribution < -0.4 is 19.1 Å². The van der Waals surface area contributed by atoms with Crippen molar-refractivity contribution in [2.45, 2.75) is 23.5 Å². The lowest BCUT2D eigenvalue weighted by atomic mass is 10.1. The van der Waals surface area contributed by atoms with Crippen molar-refractivity contribution in [3.63, 3.8) is 0 Å². The quantitative estimate of drug-likeness (QED) is 0.305. The van der Waals surface area contributed by atoms with Crippen molar-refractivity contribution in [2.75, 3.05) is 39.3 Å². The molecular weight excluding hydrogens is 557 g/mol. The molecule has 3 aromatic heterocycles. The lowest BCUT2D eigenvalue weighted by Gasteiger charge is -2.35. The minimum atomic E-state index is -3.95. The van der Waals surface area contributed by atoms with Crippen molar-refractivity contribution in [1.82, 2.24) is 29.7 Å². The molecule has 13 nitrogen and oxygen atoms in total. The van der Waals surface area contributed by atoms with Crippen LogP contribution in [0.3, 0.4) is 0 Å². The second-order valence-corrected chi connectivity index (χ2v) is 11.6. The van der Waals surface area contributed by atoms with E-state index in [0.717, 1.165) is 12.4 Å². The molecule has 4 heterocycles. The van der Waals surface area contributed by atoms with E-state index >= 15 is 0 Å². The van der Waals surface area contributed by atoms with Crippen LogP contribution >= 0.6 is 0 Å². The minimum absolute atomic E-state index is 0.00143. The SMILES string of the molecule is COc1cccc(-c2nnc(CS(=O)(=O)[C@H]3C[C@@H](O)CN(c4ncc(F)cn4)C3)n2-c2c(OC)cccc2OC)n1. The third kappa shape index (κ3) is 5.76. The molecule has 0 spiro atoms. The van der Waals surface area contributed by atoms with E-state index in [4.69, 9.17) is 14.2 Å². The highest BCUT2D eigenvalue weighted by molar-refractivity contribution is 7.91. The summed E-state index contributed by atoms with van der Waals surface area (Å²) in [5.74, 6) is 0.401. The van der Waals surface area contributed by atoms with Gasteiger partial charge in [0, 0.05) is 19.2 Å². The maximum absolute atomic E-state index is 13.9. The Bertz CT molecular complexity index is 1610. The molecule has 2 atom stereocenters. The number of methoxy groups -OCH3 is 3. The molecule has 1 aliphatic heterocycles. The first-order valence-corrected chi connectivity index (χ1v) is 14.2. The van der Waals surface area contributed by atoms with Gasteiger partial charge in [-0.05, 0) is 24.6 Å². The van der Waals surface area contributed by atoms with Gasteiger partial charge in [-0.2, -0.15) is 0 Å². The van der Waals surface area contributed by atoms with E-state index in [2.05, 4.69) is 25.1 Å². The average molecular weight is 586 g/mol. The maximum atomic E-state index is 13.9. The van der Waals surface area contributed by atoms with Crippen LogP contribution in [0.4, 0.5) is 10.3 Å². The summed E-state index contributed by atoms with van der Waals surface area (Å²) in [5, 5.41) is 18.1. The number of sulfone groups is 1. The van der Waals surface area contributed by atoms with Crippen LogP contribution in [0.25, 0.3) is 17.2 Å².